The molecule has 1 atom stereocenters. The van der Waals surface area contributed by atoms with Gasteiger partial charge in [-0.1, -0.05) is 13.8 Å². The highest BCUT2D eigenvalue weighted by Crippen LogP contribution is 2.08. The van der Waals surface area contributed by atoms with Crippen molar-refractivity contribution in [1.29, 1.82) is 0 Å². The second kappa shape index (κ2) is 3.17. The minimum atomic E-state index is -0.511. The first kappa shape index (κ1) is 8.45. The molecule has 1 rings (SSSR count). The van der Waals surface area contributed by atoms with E-state index in [1.807, 2.05) is 0 Å². The molecule has 0 N–H and O–H groups in total. The van der Waals surface area contributed by atoms with Crippen molar-refractivity contribution < 1.29 is 0 Å². The Morgan fingerprint density at radius 1 is 1.40 bits per heavy atom. The smallest absolute Gasteiger partial charge is 0.164 e. The minimum absolute atomic E-state index is 0.511. The molecule has 0 spiro atoms. The van der Waals surface area contributed by atoms with Crippen LogP contribution >= 0.6 is 0 Å². The quantitative estimate of drug-likeness (QED) is 0.457. The molecule has 60 valence electrons. The van der Waals surface area contributed by atoms with E-state index in [1.165, 1.54) is 22.8 Å². The van der Waals surface area contributed by atoms with E-state index in [0.717, 1.165) is 6.04 Å². The van der Waals surface area contributed by atoms with Crippen molar-refractivity contribution in [3.63, 3.8) is 0 Å². The summed E-state index contributed by atoms with van der Waals surface area (Å²) >= 11 is 0. The third-order valence-corrected chi connectivity index (χ3v) is 10.5. The van der Waals surface area contributed by atoms with E-state index in [4.69, 9.17) is 0 Å². The topological polar surface area (TPSA) is 6.48 Å². The lowest BCUT2D eigenvalue weighted by Crippen LogP contribution is -2.46. The molecule has 1 aliphatic heterocycles. The Balaban J connectivity index is 2.49. The van der Waals surface area contributed by atoms with Crippen LogP contribution in [0.1, 0.15) is 13.8 Å². The van der Waals surface area contributed by atoms with Crippen LogP contribution in [0.15, 0.2) is 0 Å². The Morgan fingerprint density at radius 2 is 2.00 bits per heavy atom. The molecular formula is C6H18N2Si2. The van der Waals surface area contributed by atoms with E-state index < -0.39 is 8.64 Å². The Kier molecular flexibility index (Phi) is 2.68. The number of nitrogens with zero attached hydrogens (tertiary/aromatic N) is 2. The molecule has 1 aliphatic rings. The molecule has 0 amide bonds. The Hall–Kier alpha value is 0.354. The summed E-state index contributed by atoms with van der Waals surface area (Å²) in [5.41, 5.74) is 0. The normalized spacial score (nSPS) is 30.6. The van der Waals surface area contributed by atoms with Crippen molar-refractivity contribution in [3.8, 4) is 0 Å². The number of rotatable bonds is 1. The third kappa shape index (κ3) is 1.50. The van der Waals surface area contributed by atoms with Crippen LogP contribution < -0.4 is 0 Å². The van der Waals surface area contributed by atoms with Gasteiger partial charge in [0, 0.05) is 22.8 Å². The lowest BCUT2D eigenvalue weighted by Gasteiger charge is -2.26. The predicted molar refractivity (Wildman–Crippen MR) is 51.6 cm³/mol. The highest BCUT2D eigenvalue weighted by atomic mass is 29.2. The fraction of sp³-hybridized carbons (Fsp3) is 1.00. The van der Waals surface area contributed by atoms with Gasteiger partial charge in [0.1, 0.15) is 0 Å². The molecule has 0 aromatic rings. The van der Waals surface area contributed by atoms with E-state index in [9.17, 15) is 0 Å². The highest BCUT2D eigenvalue weighted by Gasteiger charge is 2.27. The number of hydrogen-bond acceptors (Lipinski definition) is 2. The van der Waals surface area contributed by atoms with Crippen LogP contribution in [0.25, 0.3) is 0 Å². The van der Waals surface area contributed by atoms with Crippen LogP contribution in [0.2, 0.25) is 0 Å². The van der Waals surface area contributed by atoms with Gasteiger partial charge in [-0.15, -0.1) is 0 Å². The lowest BCUT2D eigenvalue weighted by molar-refractivity contribution is 0.401. The van der Waals surface area contributed by atoms with Crippen LogP contribution in [0, 0.1) is 0 Å². The molecule has 2 nitrogen and oxygen atoms in total. The maximum Gasteiger partial charge on any atom is 0.164 e. The Bertz CT molecular complexity index is 118. The lowest BCUT2D eigenvalue weighted by atomic mass is 10.4. The van der Waals surface area contributed by atoms with Gasteiger partial charge in [0.05, 0.1) is 0 Å². The summed E-state index contributed by atoms with van der Waals surface area (Å²) in [5.74, 6) is 0. The van der Waals surface area contributed by atoms with Gasteiger partial charge >= 0.3 is 0 Å². The number of hydrogen-bond donors (Lipinski definition) is 0. The molecular weight excluding hydrogens is 156 g/mol. The average Bonchev–Trinajstić information content (AvgIpc) is 2.14. The van der Waals surface area contributed by atoms with E-state index in [2.05, 4.69) is 30.0 Å². The molecule has 4 heteroatoms. The van der Waals surface area contributed by atoms with Crippen LogP contribution in [0.3, 0.4) is 0 Å². The van der Waals surface area contributed by atoms with Crippen molar-refractivity contribution in [3.05, 3.63) is 0 Å². The molecule has 0 aromatic carbocycles. The molecule has 1 saturated heterocycles. The zero-order valence-corrected chi connectivity index (χ0v) is 10.6. The molecule has 0 bridgehead atoms. The van der Waals surface area contributed by atoms with E-state index in [-0.39, 0.29) is 0 Å². The average molecular weight is 174 g/mol. The molecule has 0 aliphatic carbocycles. The maximum absolute atomic E-state index is 2.71. The molecule has 1 heterocycles. The summed E-state index contributed by atoms with van der Waals surface area (Å²) in [5, 5.41) is 0. The molecule has 0 aromatic heterocycles. The van der Waals surface area contributed by atoms with Gasteiger partial charge in [-0.3, -0.25) is 0 Å². The Morgan fingerprint density at radius 3 is 2.20 bits per heavy atom. The minimum Gasteiger partial charge on any atom is -0.318 e. The second-order valence-corrected chi connectivity index (χ2v) is 9.35. The second-order valence-electron chi connectivity index (χ2n) is 3.44. The summed E-state index contributed by atoms with van der Waals surface area (Å²) < 4.78 is 5.30. The zero-order valence-electron chi connectivity index (χ0n) is 7.46. The molecule has 0 saturated carbocycles. The number of likely N-dealkylation sites (N-methyl/N-ethyl adjacent to an activating group) is 1. The van der Waals surface area contributed by atoms with Gasteiger partial charge in [-0.05, 0) is 13.1 Å². The summed E-state index contributed by atoms with van der Waals surface area (Å²) in [6.45, 7) is 7.28. The van der Waals surface area contributed by atoms with Gasteiger partial charge in [0.2, 0.25) is 0 Å². The monoisotopic (exact) mass is 174 g/mol. The van der Waals surface area contributed by atoms with E-state index >= 15 is 0 Å². The van der Waals surface area contributed by atoms with Crippen molar-refractivity contribution in [1.82, 2.24) is 9.13 Å². The predicted octanol–water partition coefficient (Wildman–Crippen LogP) is -1.28. The van der Waals surface area contributed by atoms with Crippen LogP contribution in [-0.2, 0) is 0 Å². The van der Waals surface area contributed by atoms with Crippen LogP contribution in [-0.4, -0.2) is 53.7 Å². The molecule has 10 heavy (non-hydrogen) atoms. The maximum atomic E-state index is 2.71. The van der Waals surface area contributed by atoms with Crippen LogP contribution in [0.5, 0.6) is 0 Å². The third-order valence-electron chi connectivity index (χ3n) is 2.49. The zero-order chi connectivity index (χ0) is 7.72. The van der Waals surface area contributed by atoms with Gasteiger partial charge in [-0.2, -0.15) is 0 Å². The summed E-state index contributed by atoms with van der Waals surface area (Å²) in [6, 6.07) is 0.791. The van der Waals surface area contributed by atoms with E-state index in [0.29, 0.717) is 0 Å². The van der Waals surface area contributed by atoms with E-state index in [1.54, 1.807) is 0 Å². The fourth-order valence-corrected chi connectivity index (χ4v) is 7.28. The fourth-order valence-electron chi connectivity index (χ4n) is 1.59. The van der Waals surface area contributed by atoms with Crippen molar-refractivity contribution in [2.45, 2.75) is 19.9 Å². The highest BCUT2D eigenvalue weighted by molar-refractivity contribution is 7.00. The van der Waals surface area contributed by atoms with Gasteiger partial charge < -0.3 is 9.13 Å². The molecule has 1 fully saturated rings. The first-order valence-corrected chi connectivity index (χ1v) is 9.74. The standard InChI is InChI=1S/C6H18N2Si2/c1-6(2)8-5-4-7(3)10(8)9/h6,10H,4-5H2,1-3,9H3. The summed E-state index contributed by atoms with van der Waals surface area (Å²) in [7, 11) is 3.18. The van der Waals surface area contributed by atoms with Gasteiger partial charge in [-0.25, -0.2) is 0 Å². The first-order chi connectivity index (χ1) is 4.63. The molecule has 1 unspecified atom stereocenters. The van der Waals surface area contributed by atoms with Gasteiger partial charge in [0.25, 0.3) is 0 Å². The van der Waals surface area contributed by atoms with Crippen LogP contribution in [0.4, 0.5) is 0 Å². The first-order valence-electron chi connectivity index (χ1n) is 4.09. The molecule has 0 radical (unpaired) electrons. The summed E-state index contributed by atoms with van der Waals surface area (Å²) in [6.07, 6.45) is 0. The Labute approximate surface area is 68.2 Å². The van der Waals surface area contributed by atoms with Crippen molar-refractivity contribution in [2.24, 2.45) is 0 Å². The van der Waals surface area contributed by atoms with Gasteiger partial charge in [0.15, 0.2) is 8.64 Å². The SMILES string of the molecule is CC(C)N1CCN(C)[SiH]1[SiH3]. The van der Waals surface area contributed by atoms with Crippen molar-refractivity contribution >= 4 is 18.4 Å². The summed E-state index contributed by atoms with van der Waals surface area (Å²) in [4.78, 5) is 0. The van der Waals surface area contributed by atoms with Crippen molar-refractivity contribution in [2.75, 3.05) is 20.1 Å². The largest absolute Gasteiger partial charge is 0.318 e.